The Labute approximate surface area is 164 Å². The molecule has 0 spiro atoms. The van der Waals surface area contributed by atoms with Gasteiger partial charge in [0.15, 0.2) is 0 Å². The van der Waals surface area contributed by atoms with Gasteiger partial charge in [0.2, 0.25) is 0 Å². The zero-order chi connectivity index (χ0) is 19.0. The van der Waals surface area contributed by atoms with Crippen LogP contribution < -0.4 is 4.90 Å². The zero-order valence-corrected chi connectivity index (χ0v) is 17.0. The minimum absolute atomic E-state index is 0.0170. The SMILES string of the molecule is CC(Cc1nccc(N2C(=O)OC[C@@H]2C(C)C)n1)c1nc2c(s1)CCCC2. The first-order valence-electron chi connectivity index (χ1n) is 9.79. The van der Waals surface area contributed by atoms with Gasteiger partial charge in [-0.05, 0) is 37.7 Å². The average Bonchev–Trinajstić information content (AvgIpc) is 3.25. The summed E-state index contributed by atoms with van der Waals surface area (Å²) in [6, 6.07) is 1.81. The molecule has 0 aromatic carbocycles. The van der Waals surface area contributed by atoms with E-state index < -0.39 is 0 Å². The molecule has 1 saturated heterocycles. The van der Waals surface area contributed by atoms with Crippen LogP contribution in [0.4, 0.5) is 10.6 Å². The van der Waals surface area contributed by atoms with E-state index in [1.165, 1.54) is 34.8 Å². The van der Waals surface area contributed by atoms with Crippen molar-refractivity contribution in [1.82, 2.24) is 15.0 Å². The average molecular weight is 387 g/mol. The number of aryl methyl sites for hydroxylation is 2. The number of nitrogens with zero attached hydrogens (tertiary/aromatic N) is 4. The van der Waals surface area contributed by atoms with E-state index in [0.717, 1.165) is 18.7 Å². The van der Waals surface area contributed by atoms with Crippen LogP contribution in [-0.4, -0.2) is 33.7 Å². The van der Waals surface area contributed by atoms with E-state index in [1.54, 1.807) is 17.2 Å². The minimum Gasteiger partial charge on any atom is -0.447 e. The van der Waals surface area contributed by atoms with Crippen molar-refractivity contribution in [1.29, 1.82) is 0 Å². The number of amides is 1. The van der Waals surface area contributed by atoms with E-state index in [2.05, 4.69) is 30.7 Å². The van der Waals surface area contributed by atoms with Crippen LogP contribution in [0.1, 0.15) is 60.9 Å². The molecule has 6 nitrogen and oxygen atoms in total. The number of fused-ring (bicyclic) bond motifs is 1. The van der Waals surface area contributed by atoms with E-state index in [1.807, 2.05) is 11.3 Å². The lowest BCUT2D eigenvalue weighted by atomic mass is 10.0. The van der Waals surface area contributed by atoms with Crippen LogP contribution in [0, 0.1) is 5.92 Å². The molecule has 0 radical (unpaired) electrons. The molecule has 144 valence electrons. The van der Waals surface area contributed by atoms with Gasteiger partial charge in [0.05, 0.1) is 16.7 Å². The van der Waals surface area contributed by atoms with Crippen molar-refractivity contribution >= 4 is 23.2 Å². The molecule has 2 aromatic heterocycles. The summed E-state index contributed by atoms with van der Waals surface area (Å²) in [7, 11) is 0. The van der Waals surface area contributed by atoms with Crippen molar-refractivity contribution in [2.45, 2.75) is 64.8 Å². The number of hydrogen-bond donors (Lipinski definition) is 0. The Hall–Kier alpha value is -2.02. The molecule has 0 saturated carbocycles. The van der Waals surface area contributed by atoms with Gasteiger partial charge in [-0.1, -0.05) is 20.8 Å². The third-order valence-corrected chi connectivity index (χ3v) is 6.77. The van der Waals surface area contributed by atoms with Gasteiger partial charge in [0.25, 0.3) is 0 Å². The lowest BCUT2D eigenvalue weighted by Gasteiger charge is -2.23. The van der Waals surface area contributed by atoms with Crippen LogP contribution in [0.5, 0.6) is 0 Å². The minimum atomic E-state index is -0.320. The molecule has 7 heteroatoms. The maximum Gasteiger partial charge on any atom is 0.415 e. The number of hydrogen-bond acceptors (Lipinski definition) is 6. The van der Waals surface area contributed by atoms with E-state index in [0.29, 0.717) is 18.3 Å². The maximum absolute atomic E-state index is 12.2. The highest BCUT2D eigenvalue weighted by Crippen LogP contribution is 2.32. The predicted molar refractivity (Wildman–Crippen MR) is 105 cm³/mol. The highest BCUT2D eigenvalue weighted by molar-refractivity contribution is 7.11. The number of thiazole rings is 1. The summed E-state index contributed by atoms with van der Waals surface area (Å²) in [4.78, 5) is 29.3. The van der Waals surface area contributed by atoms with E-state index in [9.17, 15) is 4.79 Å². The predicted octanol–water partition coefficient (Wildman–Crippen LogP) is 4.14. The molecule has 1 amide bonds. The first kappa shape index (κ1) is 18.3. The number of ether oxygens (including phenoxy) is 1. The molecule has 2 aliphatic rings. The quantitative estimate of drug-likeness (QED) is 0.772. The fraction of sp³-hybridized carbons (Fsp3) is 0.600. The second-order valence-corrected chi connectivity index (χ2v) is 8.94. The third kappa shape index (κ3) is 3.70. The first-order chi connectivity index (χ1) is 13.0. The Balaban J connectivity index is 1.52. The molecule has 1 fully saturated rings. The standard InChI is InChI=1S/C20H26N4O2S/c1-12(2)15-11-26-20(25)24(15)18-8-9-21-17(23-18)10-13(3)19-22-14-6-4-5-7-16(14)27-19/h8-9,12-13,15H,4-7,10-11H2,1-3H3/t13?,15-/m1/s1. The Kier molecular flexibility index (Phi) is 5.12. The molecular weight excluding hydrogens is 360 g/mol. The summed E-state index contributed by atoms with van der Waals surface area (Å²) in [5.74, 6) is 1.94. The molecule has 0 N–H and O–H groups in total. The Morgan fingerprint density at radius 3 is 2.85 bits per heavy atom. The lowest BCUT2D eigenvalue weighted by molar-refractivity contribution is 0.177. The first-order valence-corrected chi connectivity index (χ1v) is 10.6. The number of carbonyl (C=O) groups excluding carboxylic acids is 1. The largest absolute Gasteiger partial charge is 0.447 e. The summed E-state index contributed by atoms with van der Waals surface area (Å²) in [5, 5.41) is 1.18. The smallest absolute Gasteiger partial charge is 0.415 e. The van der Waals surface area contributed by atoms with Crippen LogP contribution in [0.15, 0.2) is 12.3 Å². The highest BCUT2D eigenvalue weighted by Gasteiger charge is 2.37. The normalized spacial score (nSPS) is 20.7. The van der Waals surface area contributed by atoms with Gasteiger partial charge < -0.3 is 4.74 Å². The molecule has 1 aliphatic carbocycles. The summed E-state index contributed by atoms with van der Waals surface area (Å²) in [5.41, 5.74) is 1.29. The summed E-state index contributed by atoms with van der Waals surface area (Å²) in [6.07, 6.45) is 6.93. The monoisotopic (exact) mass is 386 g/mol. The fourth-order valence-electron chi connectivity index (χ4n) is 3.75. The maximum atomic E-state index is 12.2. The molecule has 0 bridgehead atoms. The van der Waals surface area contributed by atoms with E-state index in [-0.39, 0.29) is 18.1 Å². The topological polar surface area (TPSA) is 68.2 Å². The van der Waals surface area contributed by atoms with Crippen LogP contribution in [0.3, 0.4) is 0 Å². The van der Waals surface area contributed by atoms with Crippen molar-refractivity contribution in [3.8, 4) is 0 Å². The molecule has 27 heavy (non-hydrogen) atoms. The molecule has 4 rings (SSSR count). The number of cyclic esters (lactones) is 1. The number of carbonyl (C=O) groups is 1. The van der Waals surface area contributed by atoms with Crippen molar-refractivity contribution in [2.24, 2.45) is 5.92 Å². The third-order valence-electron chi connectivity index (χ3n) is 5.39. The molecule has 3 heterocycles. The highest BCUT2D eigenvalue weighted by atomic mass is 32.1. The van der Waals surface area contributed by atoms with Gasteiger partial charge in [-0.2, -0.15) is 0 Å². The second kappa shape index (κ2) is 7.54. The van der Waals surface area contributed by atoms with Crippen molar-refractivity contribution in [3.05, 3.63) is 33.7 Å². The summed E-state index contributed by atoms with van der Waals surface area (Å²) in [6.45, 7) is 6.78. The Morgan fingerprint density at radius 1 is 1.26 bits per heavy atom. The van der Waals surface area contributed by atoms with Gasteiger partial charge in [-0.15, -0.1) is 11.3 Å². The molecule has 1 aliphatic heterocycles. The van der Waals surface area contributed by atoms with Gasteiger partial charge in [-0.25, -0.2) is 19.7 Å². The number of aromatic nitrogens is 3. The molecule has 2 aromatic rings. The van der Waals surface area contributed by atoms with E-state index in [4.69, 9.17) is 9.72 Å². The van der Waals surface area contributed by atoms with Gasteiger partial charge in [-0.3, -0.25) is 4.90 Å². The Bertz CT molecular complexity index is 812. The fourth-order valence-corrected chi connectivity index (χ4v) is 4.96. The van der Waals surface area contributed by atoms with Gasteiger partial charge >= 0.3 is 6.09 Å². The van der Waals surface area contributed by atoms with E-state index >= 15 is 0 Å². The van der Waals surface area contributed by atoms with Crippen LogP contribution in [0.2, 0.25) is 0 Å². The van der Waals surface area contributed by atoms with Crippen LogP contribution >= 0.6 is 11.3 Å². The van der Waals surface area contributed by atoms with Gasteiger partial charge in [0, 0.05) is 23.4 Å². The number of rotatable bonds is 5. The molecule has 2 atom stereocenters. The van der Waals surface area contributed by atoms with Crippen LogP contribution in [0.25, 0.3) is 0 Å². The van der Waals surface area contributed by atoms with Crippen molar-refractivity contribution in [3.63, 3.8) is 0 Å². The summed E-state index contributed by atoms with van der Waals surface area (Å²) >= 11 is 1.85. The Morgan fingerprint density at radius 2 is 2.07 bits per heavy atom. The molecular formula is C20H26N4O2S. The zero-order valence-electron chi connectivity index (χ0n) is 16.1. The van der Waals surface area contributed by atoms with Crippen molar-refractivity contribution < 1.29 is 9.53 Å². The number of anilines is 1. The second-order valence-electron chi connectivity index (χ2n) is 7.82. The van der Waals surface area contributed by atoms with Crippen LogP contribution in [-0.2, 0) is 24.0 Å². The summed E-state index contributed by atoms with van der Waals surface area (Å²) < 4.78 is 5.25. The molecule has 1 unspecified atom stereocenters. The van der Waals surface area contributed by atoms with Crippen molar-refractivity contribution in [2.75, 3.05) is 11.5 Å². The van der Waals surface area contributed by atoms with Gasteiger partial charge in [0.1, 0.15) is 18.2 Å². The lowest BCUT2D eigenvalue weighted by Crippen LogP contribution is -2.37.